The fraction of sp³-hybridized carbons (Fsp3) is 0.571. The van der Waals surface area contributed by atoms with Crippen molar-refractivity contribution in [2.45, 2.75) is 32.0 Å². The molecule has 1 aliphatic rings. The lowest BCUT2D eigenvalue weighted by atomic mass is 10.1. The van der Waals surface area contributed by atoms with E-state index in [0.717, 1.165) is 5.56 Å². The first kappa shape index (κ1) is 16.1. The predicted molar refractivity (Wildman–Crippen MR) is 69.8 cm³/mol. The largest absolute Gasteiger partial charge is 0.573 e. The summed E-state index contributed by atoms with van der Waals surface area (Å²) in [5.74, 6) is -0.223. The Morgan fingerprint density at radius 1 is 1.43 bits per heavy atom. The lowest BCUT2D eigenvalue weighted by Gasteiger charge is -2.37. The van der Waals surface area contributed by atoms with Gasteiger partial charge in [0.05, 0.1) is 19.3 Å². The molecule has 0 radical (unpaired) electrons. The molecular formula is C14H18F3NO3. The maximum atomic E-state index is 12.2. The maximum absolute atomic E-state index is 12.2. The summed E-state index contributed by atoms with van der Waals surface area (Å²) in [6.45, 7) is 3.42. The Hall–Kier alpha value is -1.31. The molecule has 1 saturated heterocycles. The summed E-state index contributed by atoms with van der Waals surface area (Å²) in [7, 11) is 0. The number of alkyl halides is 3. The maximum Gasteiger partial charge on any atom is 0.573 e. The second kappa shape index (κ2) is 6.64. The number of hydrogen-bond acceptors (Lipinski definition) is 4. The van der Waals surface area contributed by atoms with Gasteiger partial charge in [-0.3, -0.25) is 4.90 Å². The molecule has 1 heterocycles. The normalized spacial score (nSPS) is 24.0. The number of benzene rings is 1. The van der Waals surface area contributed by atoms with E-state index in [1.54, 1.807) is 6.07 Å². The summed E-state index contributed by atoms with van der Waals surface area (Å²) in [6.07, 6.45) is -4.94. The molecule has 0 aromatic heterocycles. The van der Waals surface area contributed by atoms with Gasteiger partial charge in [0.1, 0.15) is 5.75 Å². The molecule has 1 aromatic carbocycles. The van der Waals surface area contributed by atoms with Gasteiger partial charge in [0.2, 0.25) is 0 Å². The molecule has 1 aromatic rings. The summed E-state index contributed by atoms with van der Waals surface area (Å²) >= 11 is 0. The molecule has 0 bridgehead atoms. The van der Waals surface area contributed by atoms with Crippen LogP contribution in [0.15, 0.2) is 24.3 Å². The van der Waals surface area contributed by atoms with Crippen molar-refractivity contribution in [1.29, 1.82) is 0 Å². The number of hydrogen-bond donors (Lipinski definition) is 1. The third-order valence-electron chi connectivity index (χ3n) is 3.36. The number of morpholine rings is 1. The minimum atomic E-state index is -4.69. The average molecular weight is 305 g/mol. The molecule has 7 heteroatoms. The Morgan fingerprint density at radius 3 is 2.86 bits per heavy atom. The molecule has 0 spiro atoms. The summed E-state index contributed by atoms with van der Waals surface area (Å²) in [4.78, 5) is 2.07. The molecular weight excluding hydrogens is 287 g/mol. The first-order valence-corrected chi connectivity index (χ1v) is 6.68. The first-order valence-electron chi connectivity index (χ1n) is 6.68. The quantitative estimate of drug-likeness (QED) is 0.926. The molecule has 1 fully saturated rings. The average Bonchev–Trinajstić information content (AvgIpc) is 2.40. The lowest BCUT2D eigenvalue weighted by Crippen LogP contribution is -2.48. The van der Waals surface area contributed by atoms with E-state index in [2.05, 4.69) is 9.64 Å². The summed E-state index contributed by atoms with van der Waals surface area (Å²) in [5.41, 5.74) is 0.724. The van der Waals surface area contributed by atoms with Crippen LogP contribution in [0.5, 0.6) is 5.75 Å². The van der Waals surface area contributed by atoms with Crippen LogP contribution in [0.4, 0.5) is 13.2 Å². The van der Waals surface area contributed by atoms with Crippen LogP contribution >= 0.6 is 0 Å². The van der Waals surface area contributed by atoms with Crippen molar-refractivity contribution in [3.63, 3.8) is 0 Å². The highest BCUT2D eigenvalue weighted by atomic mass is 19.4. The molecule has 21 heavy (non-hydrogen) atoms. The van der Waals surface area contributed by atoms with E-state index >= 15 is 0 Å². The zero-order valence-corrected chi connectivity index (χ0v) is 11.6. The van der Waals surface area contributed by atoms with Crippen LogP contribution in [0.2, 0.25) is 0 Å². The Kier molecular flexibility index (Phi) is 5.08. The molecule has 2 atom stereocenters. The molecule has 2 rings (SSSR count). The van der Waals surface area contributed by atoms with Gasteiger partial charge in [0.25, 0.3) is 0 Å². The Morgan fingerprint density at radius 2 is 2.19 bits per heavy atom. The monoisotopic (exact) mass is 305 g/mol. The van der Waals surface area contributed by atoms with E-state index in [1.165, 1.54) is 18.2 Å². The summed E-state index contributed by atoms with van der Waals surface area (Å²) in [6, 6.07) is 6.07. The van der Waals surface area contributed by atoms with E-state index in [4.69, 9.17) is 9.84 Å². The highest BCUT2D eigenvalue weighted by molar-refractivity contribution is 5.28. The minimum Gasteiger partial charge on any atom is -0.406 e. The van der Waals surface area contributed by atoms with Gasteiger partial charge in [-0.25, -0.2) is 0 Å². The van der Waals surface area contributed by atoms with Gasteiger partial charge in [-0.15, -0.1) is 13.2 Å². The number of aliphatic hydroxyl groups excluding tert-OH is 1. The van der Waals surface area contributed by atoms with E-state index in [-0.39, 0.29) is 24.5 Å². The first-order chi connectivity index (χ1) is 9.87. The molecule has 0 unspecified atom stereocenters. The van der Waals surface area contributed by atoms with Gasteiger partial charge in [0, 0.05) is 19.1 Å². The topological polar surface area (TPSA) is 41.9 Å². The van der Waals surface area contributed by atoms with Gasteiger partial charge >= 0.3 is 6.36 Å². The van der Waals surface area contributed by atoms with Crippen molar-refractivity contribution < 1.29 is 27.8 Å². The zero-order chi connectivity index (χ0) is 15.5. The molecule has 0 amide bonds. The van der Waals surface area contributed by atoms with Gasteiger partial charge < -0.3 is 14.6 Å². The third-order valence-corrected chi connectivity index (χ3v) is 3.36. The van der Waals surface area contributed by atoms with Crippen molar-refractivity contribution in [3.05, 3.63) is 29.8 Å². The molecule has 1 aliphatic heterocycles. The Balaban J connectivity index is 2.03. The molecule has 0 aliphatic carbocycles. The number of aliphatic hydroxyl groups is 1. The van der Waals surface area contributed by atoms with Crippen molar-refractivity contribution >= 4 is 0 Å². The van der Waals surface area contributed by atoms with Gasteiger partial charge in [-0.2, -0.15) is 0 Å². The number of rotatable bonds is 4. The Bertz CT molecular complexity index is 467. The van der Waals surface area contributed by atoms with Crippen LogP contribution in [-0.4, -0.2) is 48.3 Å². The number of nitrogens with zero attached hydrogens (tertiary/aromatic N) is 1. The lowest BCUT2D eigenvalue weighted by molar-refractivity contribution is -0.274. The van der Waals surface area contributed by atoms with Crippen LogP contribution in [0, 0.1) is 0 Å². The van der Waals surface area contributed by atoms with E-state index in [1.807, 2.05) is 6.92 Å². The van der Waals surface area contributed by atoms with Crippen LogP contribution in [0.1, 0.15) is 12.5 Å². The molecule has 0 saturated carbocycles. The third kappa shape index (κ3) is 4.87. The second-order valence-corrected chi connectivity index (χ2v) is 5.11. The zero-order valence-electron chi connectivity index (χ0n) is 11.6. The summed E-state index contributed by atoms with van der Waals surface area (Å²) in [5, 5.41) is 9.14. The molecule has 118 valence electrons. The van der Waals surface area contributed by atoms with E-state index in [0.29, 0.717) is 19.7 Å². The highest BCUT2D eigenvalue weighted by Crippen LogP contribution is 2.24. The molecule has 4 nitrogen and oxygen atoms in total. The standard InChI is InChI=1S/C14H18F3NO3/c1-10-9-20-13(8-19)7-18(10)6-11-3-2-4-12(5-11)21-14(15,16)17/h2-5,10,13,19H,6-9H2,1H3/t10-,13-/m1/s1. The summed E-state index contributed by atoms with van der Waals surface area (Å²) < 4.78 is 46.0. The second-order valence-electron chi connectivity index (χ2n) is 5.11. The minimum absolute atomic E-state index is 0.0690. The predicted octanol–water partition coefficient (Wildman–Crippen LogP) is 2.17. The number of halogens is 3. The van der Waals surface area contributed by atoms with Gasteiger partial charge in [0.15, 0.2) is 0 Å². The van der Waals surface area contributed by atoms with Crippen LogP contribution in [0.25, 0.3) is 0 Å². The van der Waals surface area contributed by atoms with Crippen LogP contribution in [0.3, 0.4) is 0 Å². The fourth-order valence-electron chi connectivity index (χ4n) is 2.28. The van der Waals surface area contributed by atoms with Gasteiger partial charge in [-0.05, 0) is 24.6 Å². The van der Waals surface area contributed by atoms with Crippen molar-refractivity contribution in [3.8, 4) is 5.75 Å². The van der Waals surface area contributed by atoms with Crippen molar-refractivity contribution in [2.24, 2.45) is 0 Å². The fourth-order valence-corrected chi connectivity index (χ4v) is 2.28. The highest BCUT2D eigenvalue weighted by Gasteiger charge is 2.31. The van der Waals surface area contributed by atoms with Crippen LogP contribution < -0.4 is 4.74 Å². The van der Waals surface area contributed by atoms with Crippen LogP contribution in [-0.2, 0) is 11.3 Å². The number of ether oxygens (including phenoxy) is 2. The van der Waals surface area contributed by atoms with E-state index in [9.17, 15) is 13.2 Å². The smallest absolute Gasteiger partial charge is 0.406 e. The van der Waals surface area contributed by atoms with Crippen molar-refractivity contribution in [2.75, 3.05) is 19.8 Å². The molecule has 1 N–H and O–H groups in total. The SMILES string of the molecule is C[C@@H]1CO[C@@H](CO)CN1Cc1cccc(OC(F)(F)F)c1. The van der Waals surface area contributed by atoms with Gasteiger partial charge in [-0.1, -0.05) is 12.1 Å². The Labute approximate surface area is 121 Å². The van der Waals surface area contributed by atoms with Crippen molar-refractivity contribution in [1.82, 2.24) is 4.90 Å². The van der Waals surface area contributed by atoms with E-state index < -0.39 is 6.36 Å².